The topological polar surface area (TPSA) is 44.5 Å². The van der Waals surface area contributed by atoms with E-state index in [0.717, 1.165) is 12.1 Å². The van der Waals surface area contributed by atoms with Gasteiger partial charge in [0.1, 0.15) is 11.5 Å². The zero-order valence-electron chi connectivity index (χ0n) is 12.0. The van der Waals surface area contributed by atoms with Crippen LogP contribution in [0.15, 0.2) is 18.2 Å². The molecule has 0 amide bonds. The summed E-state index contributed by atoms with van der Waals surface area (Å²) < 4.78 is 81.1. The van der Waals surface area contributed by atoms with E-state index in [9.17, 15) is 26.3 Å². The first kappa shape index (κ1) is 18.4. The van der Waals surface area contributed by atoms with Crippen LogP contribution in [0.4, 0.5) is 26.3 Å². The molecule has 0 bridgehead atoms. The van der Waals surface area contributed by atoms with Gasteiger partial charge in [-0.15, -0.1) is 26.3 Å². The zero-order valence-corrected chi connectivity index (χ0v) is 12.0. The summed E-state index contributed by atoms with van der Waals surface area (Å²) in [4.78, 5) is 0. The lowest BCUT2D eigenvalue weighted by atomic mass is 9.82. The first-order valence-electron chi connectivity index (χ1n) is 6.10. The summed E-state index contributed by atoms with van der Waals surface area (Å²) in [6.07, 6.45) is -10.1. The van der Waals surface area contributed by atoms with Gasteiger partial charge >= 0.3 is 12.7 Å². The zero-order chi connectivity index (χ0) is 17.3. The lowest BCUT2D eigenvalue weighted by molar-refractivity contribution is -0.276. The molecule has 0 heterocycles. The van der Waals surface area contributed by atoms with Gasteiger partial charge in [-0.05, 0) is 11.5 Å². The Kier molecular flexibility index (Phi) is 4.91. The summed E-state index contributed by atoms with van der Waals surface area (Å²) in [5, 5.41) is 0. The minimum absolute atomic E-state index is 0.0700. The van der Waals surface area contributed by atoms with Gasteiger partial charge in [-0.2, -0.15) is 0 Å². The van der Waals surface area contributed by atoms with E-state index in [1.165, 1.54) is 0 Å². The molecule has 1 aromatic rings. The smallest absolute Gasteiger partial charge is 0.406 e. The van der Waals surface area contributed by atoms with Crippen molar-refractivity contribution in [2.45, 2.75) is 39.5 Å². The molecular weight excluding hydrogens is 316 g/mol. The third-order valence-corrected chi connectivity index (χ3v) is 2.71. The molecule has 0 spiro atoms. The molecule has 0 radical (unpaired) electrons. The Bertz CT molecular complexity index is 519. The van der Waals surface area contributed by atoms with Gasteiger partial charge in [-0.3, -0.25) is 0 Å². The molecule has 0 aliphatic rings. The average molecular weight is 331 g/mol. The van der Waals surface area contributed by atoms with Crippen LogP contribution < -0.4 is 15.2 Å². The van der Waals surface area contributed by atoms with E-state index in [0.29, 0.717) is 6.07 Å². The second-order valence-corrected chi connectivity index (χ2v) is 5.64. The van der Waals surface area contributed by atoms with E-state index < -0.39 is 35.7 Å². The molecule has 1 rings (SSSR count). The van der Waals surface area contributed by atoms with Crippen LogP contribution in [0.2, 0.25) is 0 Å². The standard InChI is InChI=1S/C13H15F6NO2/c1-11(2,3)10(20)8-5-4-7(21-12(14,15)16)6-9(8)22-13(17,18)19/h4-6,10H,20H2,1-3H3. The van der Waals surface area contributed by atoms with Gasteiger partial charge in [0, 0.05) is 17.7 Å². The van der Waals surface area contributed by atoms with Crippen LogP contribution >= 0.6 is 0 Å². The maximum atomic E-state index is 12.4. The van der Waals surface area contributed by atoms with Gasteiger partial charge in [-0.1, -0.05) is 26.8 Å². The fourth-order valence-corrected chi connectivity index (χ4v) is 1.65. The van der Waals surface area contributed by atoms with Crippen molar-refractivity contribution in [1.82, 2.24) is 0 Å². The van der Waals surface area contributed by atoms with Crippen LogP contribution in [-0.4, -0.2) is 12.7 Å². The van der Waals surface area contributed by atoms with Crippen LogP contribution in [0.25, 0.3) is 0 Å². The first-order chi connectivity index (χ1) is 9.69. The molecule has 3 nitrogen and oxygen atoms in total. The van der Waals surface area contributed by atoms with Gasteiger partial charge in [0.2, 0.25) is 0 Å². The number of rotatable bonds is 3. The predicted octanol–water partition coefficient (Wildman–Crippen LogP) is 4.53. The lowest BCUT2D eigenvalue weighted by Gasteiger charge is -2.29. The molecular formula is C13H15F6NO2. The molecule has 0 saturated heterocycles. The van der Waals surface area contributed by atoms with Crippen molar-refractivity contribution >= 4 is 0 Å². The van der Waals surface area contributed by atoms with Gasteiger partial charge < -0.3 is 15.2 Å². The fraction of sp³-hybridized carbons (Fsp3) is 0.538. The van der Waals surface area contributed by atoms with E-state index in [1.54, 1.807) is 20.8 Å². The number of hydrogen-bond acceptors (Lipinski definition) is 3. The molecule has 1 atom stereocenters. The quantitative estimate of drug-likeness (QED) is 0.828. The number of ether oxygens (including phenoxy) is 2. The van der Waals surface area contributed by atoms with Crippen molar-refractivity contribution in [1.29, 1.82) is 0 Å². The van der Waals surface area contributed by atoms with E-state index in [1.807, 2.05) is 0 Å². The predicted molar refractivity (Wildman–Crippen MR) is 66.2 cm³/mol. The van der Waals surface area contributed by atoms with Crippen molar-refractivity contribution in [2.75, 3.05) is 0 Å². The van der Waals surface area contributed by atoms with Gasteiger partial charge in [0.15, 0.2) is 0 Å². The Balaban J connectivity index is 3.27. The minimum Gasteiger partial charge on any atom is -0.406 e. The highest BCUT2D eigenvalue weighted by molar-refractivity contribution is 5.43. The van der Waals surface area contributed by atoms with Crippen molar-refractivity contribution in [3.8, 4) is 11.5 Å². The van der Waals surface area contributed by atoms with E-state index in [4.69, 9.17) is 5.73 Å². The van der Waals surface area contributed by atoms with Gasteiger partial charge in [-0.25, -0.2) is 0 Å². The summed E-state index contributed by atoms with van der Waals surface area (Å²) in [5.41, 5.74) is 5.16. The molecule has 0 aromatic heterocycles. The summed E-state index contributed by atoms with van der Waals surface area (Å²) in [5.74, 6) is -1.65. The Morgan fingerprint density at radius 3 is 1.82 bits per heavy atom. The van der Waals surface area contributed by atoms with Gasteiger partial charge in [0.25, 0.3) is 0 Å². The molecule has 9 heteroatoms. The molecule has 2 N–H and O–H groups in total. The maximum Gasteiger partial charge on any atom is 0.573 e. The number of nitrogens with two attached hydrogens (primary N) is 1. The van der Waals surface area contributed by atoms with Gasteiger partial charge in [0.05, 0.1) is 0 Å². The van der Waals surface area contributed by atoms with Crippen molar-refractivity contribution in [2.24, 2.45) is 11.1 Å². The fourth-order valence-electron chi connectivity index (χ4n) is 1.65. The highest BCUT2D eigenvalue weighted by Crippen LogP contribution is 2.40. The highest BCUT2D eigenvalue weighted by Gasteiger charge is 2.36. The second-order valence-electron chi connectivity index (χ2n) is 5.64. The van der Waals surface area contributed by atoms with E-state index in [2.05, 4.69) is 9.47 Å². The van der Waals surface area contributed by atoms with Crippen LogP contribution in [0.1, 0.15) is 32.4 Å². The SMILES string of the molecule is CC(C)(C)C(N)c1ccc(OC(F)(F)F)cc1OC(F)(F)F. The molecule has 0 saturated carbocycles. The Labute approximate surface area is 123 Å². The van der Waals surface area contributed by atoms with Crippen LogP contribution in [0.3, 0.4) is 0 Å². The Morgan fingerprint density at radius 2 is 1.41 bits per heavy atom. The first-order valence-corrected chi connectivity index (χ1v) is 6.10. The molecule has 0 aliphatic carbocycles. The summed E-state index contributed by atoms with van der Waals surface area (Å²) in [7, 11) is 0. The van der Waals surface area contributed by atoms with E-state index >= 15 is 0 Å². The second kappa shape index (κ2) is 5.86. The molecule has 126 valence electrons. The van der Waals surface area contributed by atoms with Crippen molar-refractivity contribution < 1.29 is 35.8 Å². The monoisotopic (exact) mass is 331 g/mol. The molecule has 0 fully saturated rings. The summed E-state index contributed by atoms with van der Waals surface area (Å²) in [6, 6.07) is 1.54. The average Bonchev–Trinajstić information content (AvgIpc) is 2.22. The number of hydrogen-bond donors (Lipinski definition) is 1. The summed E-state index contributed by atoms with van der Waals surface area (Å²) in [6.45, 7) is 5.03. The lowest BCUT2D eigenvalue weighted by Crippen LogP contribution is -2.28. The van der Waals surface area contributed by atoms with Crippen LogP contribution in [0.5, 0.6) is 11.5 Å². The largest absolute Gasteiger partial charge is 0.573 e. The third kappa shape index (κ3) is 5.63. The molecule has 1 aromatic carbocycles. The molecule has 22 heavy (non-hydrogen) atoms. The summed E-state index contributed by atoms with van der Waals surface area (Å²) >= 11 is 0. The number of benzene rings is 1. The molecule has 0 aliphatic heterocycles. The normalized spacial score (nSPS) is 14.6. The minimum atomic E-state index is -5.07. The third-order valence-electron chi connectivity index (χ3n) is 2.71. The van der Waals surface area contributed by atoms with Crippen molar-refractivity contribution in [3.05, 3.63) is 23.8 Å². The number of alkyl halides is 6. The number of halogens is 6. The maximum absolute atomic E-state index is 12.4. The highest BCUT2D eigenvalue weighted by atomic mass is 19.4. The van der Waals surface area contributed by atoms with E-state index in [-0.39, 0.29) is 5.56 Å². The van der Waals surface area contributed by atoms with Crippen molar-refractivity contribution in [3.63, 3.8) is 0 Å². The molecule has 1 unspecified atom stereocenters. The Hall–Kier alpha value is -1.64. The Morgan fingerprint density at radius 1 is 0.909 bits per heavy atom. The van der Waals surface area contributed by atoms with Crippen LogP contribution in [-0.2, 0) is 0 Å². The van der Waals surface area contributed by atoms with Crippen LogP contribution in [0, 0.1) is 5.41 Å².